The van der Waals surface area contributed by atoms with E-state index in [1.807, 2.05) is 36.4 Å². The number of carbonyl (C=O) groups is 3. The maximum absolute atomic E-state index is 12.5. The Morgan fingerprint density at radius 1 is 0.935 bits per heavy atom. The van der Waals surface area contributed by atoms with Gasteiger partial charge in [-0.2, -0.15) is 0 Å². The Morgan fingerprint density at radius 2 is 1.48 bits per heavy atom. The van der Waals surface area contributed by atoms with Gasteiger partial charge in [0.15, 0.2) is 0 Å². The van der Waals surface area contributed by atoms with E-state index in [4.69, 9.17) is 9.84 Å². The largest absolute Gasteiger partial charge is 0.481 e. The lowest BCUT2D eigenvalue weighted by Gasteiger charge is -2.24. The third kappa shape index (κ3) is 5.23. The summed E-state index contributed by atoms with van der Waals surface area (Å²) in [5.41, 5.74) is 4.49. The molecule has 0 heterocycles. The number of amides is 2. The van der Waals surface area contributed by atoms with Crippen molar-refractivity contribution < 1.29 is 24.2 Å². The van der Waals surface area contributed by atoms with Gasteiger partial charge < -0.3 is 20.5 Å². The molecule has 3 N–H and O–H groups in total. The van der Waals surface area contributed by atoms with Gasteiger partial charge in [-0.05, 0) is 35.1 Å². The minimum atomic E-state index is -1.00. The van der Waals surface area contributed by atoms with Crippen LogP contribution in [0.2, 0.25) is 0 Å². The molecule has 0 saturated heterocycles. The van der Waals surface area contributed by atoms with Gasteiger partial charge in [0.25, 0.3) is 0 Å². The normalized spacial score (nSPS) is 14.3. The van der Waals surface area contributed by atoms with E-state index in [-0.39, 0.29) is 24.9 Å². The summed E-state index contributed by atoms with van der Waals surface area (Å²) >= 11 is 0. The zero-order valence-corrected chi connectivity index (χ0v) is 17.9. The zero-order chi connectivity index (χ0) is 22.5. The average molecular weight is 424 g/mol. The first-order valence-corrected chi connectivity index (χ1v) is 10.4. The molecule has 0 aliphatic heterocycles. The van der Waals surface area contributed by atoms with Crippen LogP contribution in [0.4, 0.5) is 4.79 Å². The number of hydrogen-bond donors (Lipinski definition) is 3. The highest BCUT2D eigenvalue weighted by atomic mass is 16.5. The zero-order valence-electron chi connectivity index (χ0n) is 17.9. The highest BCUT2D eigenvalue weighted by Crippen LogP contribution is 2.44. The van der Waals surface area contributed by atoms with E-state index in [1.54, 1.807) is 20.8 Å². The Hall–Kier alpha value is -3.35. The van der Waals surface area contributed by atoms with Crippen LogP contribution >= 0.6 is 0 Å². The quantitative estimate of drug-likeness (QED) is 0.601. The summed E-state index contributed by atoms with van der Waals surface area (Å²) < 4.78 is 5.52. The molecule has 164 valence electrons. The number of nitrogens with one attached hydrogen (secondary N) is 2. The molecule has 2 aromatic rings. The Kier molecular flexibility index (Phi) is 6.95. The van der Waals surface area contributed by atoms with Gasteiger partial charge >= 0.3 is 12.1 Å². The van der Waals surface area contributed by atoms with Crippen LogP contribution in [-0.4, -0.2) is 41.8 Å². The van der Waals surface area contributed by atoms with Crippen LogP contribution in [0.15, 0.2) is 48.5 Å². The highest BCUT2D eigenvalue weighted by molar-refractivity contribution is 5.86. The summed E-state index contributed by atoms with van der Waals surface area (Å²) in [6.07, 6.45) is -0.872. The maximum Gasteiger partial charge on any atom is 0.407 e. The summed E-state index contributed by atoms with van der Waals surface area (Å²) in [7, 11) is 0. The van der Waals surface area contributed by atoms with Gasteiger partial charge in [-0.1, -0.05) is 62.4 Å². The first-order chi connectivity index (χ1) is 14.8. The molecule has 31 heavy (non-hydrogen) atoms. The van der Waals surface area contributed by atoms with E-state index in [2.05, 4.69) is 22.8 Å². The van der Waals surface area contributed by atoms with Gasteiger partial charge in [0.05, 0.1) is 6.42 Å². The molecule has 2 amide bonds. The average Bonchev–Trinajstić information content (AvgIpc) is 3.03. The fraction of sp³-hybridized carbons (Fsp3) is 0.375. The van der Waals surface area contributed by atoms with Crippen LogP contribution in [-0.2, 0) is 14.3 Å². The van der Waals surface area contributed by atoms with Gasteiger partial charge in [-0.25, -0.2) is 4.79 Å². The van der Waals surface area contributed by atoms with Gasteiger partial charge in [0.1, 0.15) is 12.6 Å². The Labute approximate surface area is 181 Å². The minimum absolute atomic E-state index is 0.0694. The van der Waals surface area contributed by atoms with E-state index in [0.717, 1.165) is 22.3 Å². The lowest BCUT2D eigenvalue weighted by molar-refractivity contribution is -0.137. The lowest BCUT2D eigenvalue weighted by atomic mass is 9.98. The van der Waals surface area contributed by atoms with Crippen molar-refractivity contribution >= 4 is 18.0 Å². The van der Waals surface area contributed by atoms with E-state index in [9.17, 15) is 14.4 Å². The van der Waals surface area contributed by atoms with Crippen molar-refractivity contribution in [2.24, 2.45) is 5.92 Å². The van der Waals surface area contributed by atoms with Crippen molar-refractivity contribution in [2.45, 2.75) is 45.2 Å². The van der Waals surface area contributed by atoms with Crippen molar-refractivity contribution in [1.82, 2.24) is 10.6 Å². The van der Waals surface area contributed by atoms with E-state index in [0.29, 0.717) is 0 Å². The summed E-state index contributed by atoms with van der Waals surface area (Å²) in [6, 6.07) is 14.7. The molecule has 0 saturated carbocycles. The molecule has 1 aliphatic carbocycles. The summed E-state index contributed by atoms with van der Waals surface area (Å²) in [4.78, 5) is 35.8. The molecular formula is C24H28N2O5. The molecule has 7 nitrogen and oxygen atoms in total. The number of hydrogen-bond acceptors (Lipinski definition) is 4. The molecule has 0 spiro atoms. The molecule has 0 fully saturated rings. The number of aliphatic carboxylic acids is 1. The molecule has 3 rings (SSSR count). The van der Waals surface area contributed by atoms with Crippen LogP contribution in [0.3, 0.4) is 0 Å². The van der Waals surface area contributed by atoms with E-state index in [1.165, 1.54) is 0 Å². The first-order valence-electron chi connectivity index (χ1n) is 10.4. The third-order valence-electron chi connectivity index (χ3n) is 5.44. The molecule has 1 aliphatic rings. The van der Waals surface area contributed by atoms with Crippen molar-refractivity contribution in [1.29, 1.82) is 0 Å². The van der Waals surface area contributed by atoms with Gasteiger partial charge in [-0.15, -0.1) is 0 Å². The smallest absolute Gasteiger partial charge is 0.407 e. The third-order valence-corrected chi connectivity index (χ3v) is 5.44. The van der Waals surface area contributed by atoms with Crippen LogP contribution < -0.4 is 10.6 Å². The predicted octanol–water partition coefficient (Wildman–Crippen LogP) is 3.53. The number of rotatable bonds is 8. The molecule has 2 atom stereocenters. The number of fused-ring (bicyclic) bond motifs is 3. The second-order valence-corrected chi connectivity index (χ2v) is 8.20. The molecular weight excluding hydrogens is 396 g/mol. The SMILES string of the molecule is CC(C)[C@H](NC(=O)OCC1c2ccccc2-c2ccccc21)C(=O)N[C@H](C)CC(=O)O. The topological polar surface area (TPSA) is 105 Å². The van der Waals surface area contributed by atoms with E-state index >= 15 is 0 Å². The van der Waals surface area contributed by atoms with Gasteiger partial charge in [-0.3, -0.25) is 9.59 Å². The molecule has 0 bridgehead atoms. The molecule has 0 radical (unpaired) electrons. The summed E-state index contributed by atoms with van der Waals surface area (Å²) in [6.45, 7) is 5.37. The standard InChI is InChI=1S/C24H28N2O5/c1-14(2)22(23(29)25-15(3)12-21(27)28)26-24(30)31-13-20-18-10-6-4-8-16(18)17-9-5-7-11-19(17)20/h4-11,14-15,20,22H,12-13H2,1-3H3,(H,25,29)(H,26,30)(H,27,28)/t15-,22+/m1/s1. The molecule has 7 heteroatoms. The Morgan fingerprint density at radius 3 is 2.00 bits per heavy atom. The minimum Gasteiger partial charge on any atom is -0.481 e. The van der Waals surface area contributed by atoms with Crippen molar-refractivity contribution in [3.63, 3.8) is 0 Å². The van der Waals surface area contributed by atoms with Gasteiger partial charge in [0.2, 0.25) is 5.91 Å². The van der Waals surface area contributed by atoms with Crippen LogP contribution in [0.25, 0.3) is 11.1 Å². The molecule has 0 unspecified atom stereocenters. The monoisotopic (exact) mass is 424 g/mol. The first kappa shape index (κ1) is 22.3. The summed E-state index contributed by atoms with van der Waals surface area (Å²) in [5, 5.41) is 14.1. The van der Waals surface area contributed by atoms with Crippen LogP contribution in [0.1, 0.15) is 44.2 Å². The maximum atomic E-state index is 12.5. The number of carboxylic acids is 1. The molecule has 2 aromatic carbocycles. The van der Waals surface area contributed by atoms with Crippen LogP contribution in [0, 0.1) is 5.92 Å². The summed E-state index contributed by atoms with van der Waals surface area (Å²) in [5.74, 6) is -1.70. The fourth-order valence-corrected chi connectivity index (χ4v) is 3.95. The second-order valence-electron chi connectivity index (χ2n) is 8.20. The van der Waals surface area contributed by atoms with Crippen molar-refractivity contribution in [3.05, 3.63) is 59.7 Å². The number of alkyl carbamates (subject to hydrolysis) is 1. The second kappa shape index (κ2) is 9.64. The predicted molar refractivity (Wildman–Crippen MR) is 117 cm³/mol. The number of carbonyl (C=O) groups excluding carboxylic acids is 2. The Balaban J connectivity index is 1.63. The Bertz CT molecular complexity index is 926. The van der Waals surface area contributed by atoms with Gasteiger partial charge in [0, 0.05) is 12.0 Å². The number of carboxylic acid groups (broad SMARTS) is 1. The highest BCUT2D eigenvalue weighted by Gasteiger charge is 2.30. The van der Waals surface area contributed by atoms with Crippen LogP contribution in [0.5, 0.6) is 0 Å². The van der Waals surface area contributed by atoms with Crippen molar-refractivity contribution in [2.75, 3.05) is 6.61 Å². The molecule has 0 aromatic heterocycles. The number of benzene rings is 2. The lowest BCUT2D eigenvalue weighted by Crippen LogP contribution is -2.52. The number of ether oxygens (including phenoxy) is 1. The van der Waals surface area contributed by atoms with E-state index < -0.39 is 30.1 Å². The van der Waals surface area contributed by atoms with Crippen molar-refractivity contribution in [3.8, 4) is 11.1 Å². The fourth-order valence-electron chi connectivity index (χ4n) is 3.95.